The van der Waals surface area contributed by atoms with E-state index in [2.05, 4.69) is 27.3 Å². The maximum Gasteiger partial charge on any atom is 0.261 e. The second kappa shape index (κ2) is 12.4. The van der Waals surface area contributed by atoms with E-state index in [1.165, 1.54) is 6.42 Å². The van der Waals surface area contributed by atoms with Crippen LogP contribution in [0, 0.1) is 20.8 Å². The van der Waals surface area contributed by atoms with Gasteiger partial charge in [0.15, 0.2) is 6.61 Å². The number of benzene rings is 2. The Morgan fingerprint density at radius 3 is 2.38 bits per heavy atom. The number of ether oxygens (including phenoxy) is 1. The second-order valence-electron chi connectivity index (χ2n) is 9.44. The van der Waals surface area contributed by atoms with Gasteiger partial charge in [-0.3, -0.25) is 9.59 Å². The third-order valence-corrected chi connectivity index (χ3v) is 7.80. The van der Waals surface area contributed by atoms with Crippen LogP contribution in [0.4, 0.5) is 0 Å². The summed E-state index contributed by atoms with van der Waals surface area (Å²) >= 11 is 3.57. The number of amides is 2. The molecule has 0 saturated heterocycles. The van der Waals surface area contributed by atoms with Gasteiger partial charge >= 0.3 is 0 Å². The fourth-order valence-electron chi connectivity index (χ4n) is 4.69. The van der Waals surface area contributed by atoms with E-state index < -0.39 is 6.04 Å². The lowest BCUT2D eigenvalue weighted by atomic mass is 9.95. The molecule has 2 aromatic rings. The van der Waals surface area contributed by atoms with Crippen LogP contribution in [0.1, 0.15) is 67.7 Å². The number of carbonyl (C=O) groups is 2. The topological polar surface area (TPSA) is 58.6 Å². The van der Waals surface area contributed by atoms with Gasteiger partial charge in [0.2, 0.25) is 5.91 Å². The van der Waals surface area contributed by atoms with Gasteiger partial charge in [-0.15, -0.1) is 0 Å². The van der Waals surface area contributed by atoms with E-state index in [4.69, 9.17) is 4.74 Å². The maximum absolute atomic E-state index is 13.5. The number of halogens is 1. The van der Waals surface area contributed by atoms with Gasteiger partial charge in [-0.1, -0.05) is 71.9 Å². The first kappa shape index (κ1) is 26.3. The Morgan fingerprint density at radius 2 is 1.76 bits per heavy atom. The summed E-state index contributed by atoms with van der Waals surface area (Å²) in [7, 11) is 0. The molecule has 6 heteroatoms. The Bertz CT molecular complexity index is 978. The molecule has 1 unspecified atom stereocenters. The number of nitrogens with one attached hydrogen (secondary N) is 1. The first-order valence-corrected chi connectivity index (χ1v) is 13.1. The van der Waals surface area contributed by atoms with Crippen molar-refractivity contribution in [3.05, 3.63) is 63.1 Å². The first-order chi connectivity index (χ1) is 16.3. The summed E-state index contributed by atoms with van der Waals surface area (Å²) in [5, 5.41) is 3.22. The van der Waals surface area contributed by atoms with E-state index in [1.807, 2.05) is 58.0 Å². The third kappa shape index (κ3) is 7.08. The summed E-state index contributed by atoms with van der Waals surface area (Å²) in [4.78, 5) is 28.4. The van der Waals surface area contributed by atoms with E-state index in [0.717, 1.165) is 52.4 Å². The van der Waals surface area contributed by atoms with Gasteiger partial charge in [0, 0.05) is 17.1 Å². The highest BCUT2D eigenvalue weighted by molar-refractivity contribution is 9.10. The molecule has 5 nitrogen and oxygen atoms in total. The number of aryl methyl sites for hydroxylation is 3. The summed E-state index contributed by atoms with van der Waals surface area (Å²) in [6.07, 6.45) is 6.10. The summed E-state index contributed by atoms with van der Waals surface area (Å²) in [5.41, 5.74) is 4.24. The highest BCUT2D eigenvalue weighted by Gasteiger charge is 2.30. The van der Waals surface area contributed by atoms with Crippen LogP contribution >= 0.6 is 15.9 Å². The number of rotatable bonds is 9. The van der Waals surface area contributed by atoms with Crippen LogP contribution in [0.5, 0.6) is 5.75 Å². The van der Waals surface area contributed by atoms with Crippen LogP contribution in [0.2, 0.25) is 0 Å². The summed E-state index contributed by atoms with van der Waals surface area (Å²) < 4.78 is 6.95. The van der Waals surface area contributed by atoms with E-state index in [1.54, 1.807) is 4.90 Å². The Kier molecular flexibility index (Phi) is 9.57. The zero-order valence-corrected chi connectivity index (χ0v) is 22.4. The summed E-state index contributed by atoms with van der Waals surface area (Å²) in [6, 6.07) is 11.6. The Labute approximate surface area is 212 Å². The van der Waals surface area contributed by atoms with Crippen LogP contribution in [-0.2, 0) is 16.1 Å². The molecule has 1 N–H and O–H groups in total. The number of hydrogen-bond donors (Lipinski definition) is 1. The molecule has 0 aliphatic heterocycles. The Balaban J connectivity index is 1.78. The maximum atomic E-state index is 13.5. The van der Waals surface area contributed by atoms with Gasteiger partial charge in [-0.05, 0) is 68.9 Å². The molecule has 1 fully saturated rings. The van der Waals surface area contributed by atoms with Gasteiger partial charge in [0.1, 0.15) is 11.8 Å². The highest BCUT2D eigenvalue weighted by atomic mass is 79.9. The van der Waals surface area contributed by atoms with E-state index >= 15 is 0 Å². The smallest absolute Gasteiger partial charge is 0.261 e. The molecule has 2 amide bonds. The van der Waals surface area contributed by atoms with Crippen LogP contribution in [0.15, 0.2) is 40.9 Å². The van der Waals surface area contributed by atoms with Crippen molar-refractivity contribution in [2.24, 2.45) is 0 Å². The predicted octanol–water partition coefficient (Wildman–Crippen LogP) is 6.01. The lowest BCUT2D eigenvalue weighted by Crippen LogP contribution is -2.52. The lowest BCUT2D eigenvalue weighted by molar-refractivity contribution is -0.143. The van der Waals surface area contributed by atoms with Gasteiger partial charge in [0.05, 0.1) is 0 Å². The minimum absolute atomic E-state index is 0.0641. The monoisotopic (exact) mass is 528 g/mol. The predicted molar refractivity (Wildman–Crippen MR) is 140 cm³/mol. The molecule has 2 aromatic carbocycles. The molecule has 1 aliphatic carbocycles. The highest BCUT2D eigenvalue weighted by Crippen LogP contribution is 2.26. The quantitative estimate of drug-likeness (QED) is 0.433. The standard InChI is InChI=1S/C28H37BrN2O3/c1-5-25(28(33)30-23-12-7-6-8-13-23)31(17-22-11-9-10-19(2)14-22)26(32)18-34-24-15-20(3)27(29)21(4)16-24/h9-11,14-16,23,25H,5-8,12-13,17-18H2,1-4H3,(H,30,33). The molecule has 0 radical (unpaired) electrons. The first-order valence-electron chi connectivity index (χ1n) is 12.3. The fourth-order valence-corrected chi connectivity index (χ4v) is 4.92. The van der Waals surface area contributed by atoms with Crippen molar-refractivity contribution in [1.29, 1.82) is 0 Å². The molecule has 0 aromatic heterocycles. The fraction of sp³-hybridized carbons (Fsp3) is 0.500. The van der Waals surface area contributed by atoms with Gasteiger partial charge in [0.25, 0.3) is 5.91 Å². The molecule has 1 atom stereocenters. The average molecular weight is 530 g/mol. The van der Waals surface area contributed by atoms with Crippen molar-refractivity contribution < 1.29 is 14.3 Å². The van der Waals surface area contributed by atoms with Gasteiger partial charge in [-0.2, -0.15) is 0 Å². The van der Waals surface area contributed by atoms with Crippen molar-refractivity contribution in [1.82, 2.24) is 10.2 Å². The van der Waals surface area contributed by atoms with Crippen LogP contribution in [-0.4, -0.2) is 35.4 Å². The number of hydrogen-bond acceptors (Lipinski definition) is 3. The third-order valence-electron chi connectivity index (χ3n) is 6.55. The van der Waals surface area contributed by atoms with Crippen LogP contribution in [0.25, 0.3) is 0 Å². The zero-order valence-electron chi connectivity index (χ0n) is 20.8. The second-order valence-corrected chi connectivity index (χ2v) is 10.2. The molecule has 1 aliphatic rings. The normalized spacial score (nSPS) is 15.0. The van der Waals surface area contributed by atoms with Crippen molar-refractivity contribution >= 4 is 27.7 Å². The molecule has 0 spiro atoms. The SMILES string of the molecule is CCC(C(=O)NC1CCCCC1)N(Cc1cccc(C)c1)C(=O)COc1cc(C)c(Br)c(C)c1. The molecule has 34 heavy (non-hydrogen) atoms. The average Bonchev–Trinajstić information content (AvgIpc) is 2.81. The van der Waals surface area contributed by atoms with Crippen molar-refractivity contribution in [2.75, 3.05) is 6.61 Å². The van der Waals surface area contributed by atoms with E-state index in [-0.39, 0.29) is 24.5 Å². The van der Waals surface area contributed by atoms with Gasteiger partial charge < -0.3 is 15.0 Å². The molecular formula is C28H37BrN2O3. The van der Waals surface area contributed by atoms with Gasteiger partial charge in [-0.25, -0.2) is 0 Å². The largest absolute Gasteiger partial charge is 0.484 e. The molecule has 0 bridgehead atoms. The molecule has 3 rings (SSSR count). The van der Waals surface area contributed by atoms with Crippen molar-refractivity contribution in [3.63, 3.8) is 0 Å². The van der Waals surface area contributed by atoms with Crippen molar-refractivity contribution in [2.45, 2.75) is 84.8 Å². The lowest BCUT2D eigenvalue weighted by Gasteiger charge is -2.32. The zero-order chi connectivity index (χ0) is 24.7. The van der Waals surface area contributed by atoms with Crippen LogP contribution in [0.3, 0.4) is 0 Å². The minimum Gasteiger partial charge on any atom is -0.484 e. The molecule has 1 saturated carbocycles. The number of nitrogens with zero attached hydrogens (tertiary/aromatic N) is 1. The molecule has 184 valence electrons. The van der Waals surface area contributed by atoms with Crippen LogP contribution < -0.4 is 10.1 Å². The molecular weight excluding hydrogens is 492 g/mol. The number of carbonyl (C=O) groups excluding carboxylic acids is 2. The summed E-state index contributed by atoms with van der Waals surface area (Å²) in [5.74, 6) is 0.401. The Hall–Kier alpha value is -2.34. The summed E-state index contributed by atoms with van der Waals surface area (Å²) in [6.45, 7) is 8.25. The Morgan fingerprint density at radius 1 is 1.09 bits per heavy atom. The van der Waals surface area contributed by atoms with Crippen molar-refractivity contribution in [3.8, 4) is 5.75 Å². The van der Waals surface area contributed by atoms with E-state index in [0.29, 0.717) is 18.7 Å². The minimum atomic E-state index is -0.535. The van der Waals surface area contributed by atoms with E-state index in [9.17, 15) is 9.59 Å². The molecule has 0 heterocycles.